The van der Waals surface area contributed by atoms with Crippen LogP contribution in [0.3, 0.4) is 0 Å². The molecule has 1 aromatic rings. The lowest BCUT2D eigenvalue weighted by Gasteiger charge is -2.33. The number of aryl methyl sites for hydroxylation is 1. The molecular formula is C14H20N2O2. The fraction of sp³-hybridized carbons (Fsp3) is 0.500. The van der Waals surface area contributed by atoms with E-state index in [0.717, 1.165) is 19.4 Å². The molecule has 1 aliphatic heterocycles. The largest absolute Gasteiger partial charge is 0.480 e. The van der Waals surface area contributed by atoms with Gasteiger partial charge in [0.25, 0.3) is 0 Å². The summed E-state index contributed by atoms with van der Waals surface area (Å²) in [5, 5.41) is 12.2. The molecular weight excluding hydrogens is 228 g/mol. The molecule has 0 bridgehead atoms. The molecule has 0 saturated heterocycles. The molecule has 0 saturated carbocycles. The van der Waals surface area contributed by atoms with E-state index in [0.29, 0.717) is 13.1 Å². The second-order valence-electron chi connectivity index (χ2n) is 4.63. The van der Waals surface area contributed by atoms with Gasteiger partial charge in [0.05, 0.1) is 0 Å². The number of fused-ring (bicyclic) bond motifs is 1. The molecule has 98 valence electrons. The Kier molecular flexibility index (Phi) is 4.20. The van der Waals surface area contributed by atoms with Gasteiger partial charge in [0.15, 0.2) is 0 Å². The summed E-state index contributed by atoms with van der Waals surface area (Å²) in [5.74, 6) is -0.778. The summed E-state index contributed by atoms with van der Waals surface area (Å²) in [6, 6.07) is 7.77. The molecule has 4 heteroatoms. The van der Waals surface area contributed by atoms with E-state index in [4.69, 9.17) is 0 Å². The van der Waals surface area contributed by atoms with Crippen LogP contribution in [0.25, 0.3) is 0 Å². The molecule has 0 aliphatic carbocycles. The summed E-state index contributed by atoms with van der Waals surface area (Å²) in [6.45, 7) is 4.07. The highest BCUT2D eigenvalue weighted by Gasteiger charge is 2.23. The first-order chi connectivity index (χ1) is 8.72. The predicted octanol–water partition coefficient (Wildman–Crippen LogP) is 1.50. The maximum Gasteiger partial charge on any atom is 0.322 e. The minimum absolute atomic E-state index is 0.499. The lowest BCUT2D eigenvalue weighted by Crippen LogP contribution is -2.47. The maximum absolute atomic E-state index is 11.2. The standard InChI is InChI=1S/C14H20N2O2/c1-2-15-12(14(17)18)10-16-9-5-7-11-6-3-4-8-13(11)16/h3-4,6,8,12,15H,2,5,7,9-10H2,1H3,(H,17,18). The van der Waals surface area contributed by atoms with Crippen molar-refractivity contribution in [2.45, 2.75) is 25.8 Å². The van der Waals surface area contributed by atoms with Crippen LogP contribution in [-0.4, -0.2) is 36.8 Å². The minimum Gasteiger partial charge on any atom is -0.480 e. The number of nitrogens with zero attached hydrogens (tertiary/aromatic N) is 1. The molecule has 2 N–H and O–H groups in total. The van der Waals surface area contributed by atoms with Crippen molar-refractivity contribution in [1.82, 2.24) is 5.32 Å². The summed E-state index contributed by atoms with van der Waals surface area (Å²) in [5.41, 5.74) is 2.51. The van der Waals surface area contributed by atoms with Crippen molar-refractivity contribution in [3.8, 4) is 0 Å². The van der Waals surface area contributed by atoms with Crippen LogP contribution in [0.2, 0.25) is 0 Å². The van der Waals surface area contributed by atoms with Crippen molar-refractivity contribution in [3.05, 3.63) is 29.8 Å². The SMILES string of the molecule is CCNC(CN1CCCc2ccccc21)C(=O)O. The molecule has 18 heavy (non-hydrogen) atoms. The highest BCUT2D eigenvalue weighted by molar-refractivity contribution is 5.74. The van der Waals surface area contributed by atoms with Crippen LogP contribution in [0.1, 0.15) is 18.9 Å². The fourth-order valence-electron chi connectivity index (χ4n) is 2.50. The van der Waals surface area contributed by atoms with E-state index in [2.05, 4.69) is 22.3 Å². The number of aliphatic carboxylic acids is 1. The third kappa shape index (κ3) is 2.82. The van der Waals surface area contributed by atoms with E-state index >= 15 is 0 Å². The molecule has 2 rings (SSSR count). The maximum atomic E-state index is 11.2. The van der Waals surface area contributed by atoms with Gasteiger partial charge in [-0.3, -0.25) is 4.79 Å². The lowest BCUT2D eigenvalue weighted by molar-refractivity contribution is -0.139. The highest BCUT2D eigenvalue weighted by Crippen LogP contribution is 2.26. The van der Waals surface area contributed by atoms with E-state index in [-0.39, 0.29) is 0 Å². The molecule has 0 aromatic heterocycles. The zero-order chi connectivity index (χ0) is 13.0. The predicted molar refractivity (Wildman–Crippen MR) is 72.1 cm³/mol. The van der Waals surface area contributed by atoms with Crippen LogP contribution in [0.5, 0.6) is 0 Å². The number of hydrogen-bond donors (Lipinski definition) is 2. The summed E-state index contributed by atoms with van der Waals surface area (Å²) < 4.78 is 0. The minimum atomic E-state index is -0.778. The van der Waals surface area contributed by atoms with Crippen LogP contribution in [0, 0.1) is 0 Å². The number of anilines is 1. The number of carboxylic acids is 1. The summed E-state index contributed by atoms with van der Waals surface area (Å²) in [4.78, 5) is 13.4. The van der Waals surface area contributed by atoms with Crippen molar-refractivity contribution in [2.24, 2.45) is 0 Å². The Morgan fingerprint density at radius 2 is 2.28 bits per heavy atom. The Morgan fingerprint density at radius 3 is 3.00 bits per heavy atom. The Bertz CT molecular complexity index is 420. The van der Waals surface area contributed by atoms with Crippen LogP contribution in [0.15, 0.2) is 24.3 Å². The van der Waals surface area contributed by atoms with Gasteiger partial charge < -0.3 is 15.3 Å². The Balaban J connectivity index is 2.12. The molecule has 0 fully saturated rings. The Morgan fingerprint density at radius 1 is 1.50 bits per heavy atom. The van der Waals surface area contributed by atoms with Crippen molar-refractivity contribution < 1.29 is 9.90 Å². The second-order valence-corrected chi connectivity index (χ2v) is 4.63. The number of para-hydroxylation sites is 1. The molecule has 1 heterocycles. The van der Waals surface area contributed by atoms with E-state index in [1.807, 2.05) is 19.1 Å². The normalized spacial score (nSPS) is 16.2. The average molecular weight is 248 g/mol. The van der Waals surface area contributed by atoms with Crippen LogP contribution in [0.4, 0.5) is 5.69 Å². The second kappa shape index (κ2) is 5.87. The first-order valence-corrected chi connectivity index (χ1v) is 6.51. The quantitative estimate of drug-likeness (QED) is 0.829. The number of nitrogens with one attached hydrogen (secondary N) is 1. The topological polar surface area (TPSA) is 52.6 Å². The Hall–Kier alpha value is -1.55. The smallest absolute Gasteiger partial charge is 0.322 e. The van der Waals surface area contributed by atoms with Gasteiger partial charge in [-0.1, -0.05) is 25.1 Å². The lowest BCUT2D eigenvalue weighted by atomic mass is 10.0. The van der Waals surface area contributed by atoms with Crippen LogP contribution in [-0.2, 0) is 11.2 Å². The molecule has 1 aromatic carbocycles. The number of rotatable bonds is 5. The highest BCUT2D eigenvalue weighted by atomic mass is 16.4. The van der Waals surface area contributed by atoms with Crippen molar-refractivity contribution >= 4 is 11.7 Å². The zero-order valence-electron chi connectivity index (χ0n) is 10.7. The molecule has 1 unspecified atom stereocenters. The molecule has 1 aliphatic rings. The summed E-state index contributed by atoms with van der Waals surface area (Å²) in [7, 11) is 0. The Labute approximate surface area is 108 Å². The fourth-order valence-corrected chi connectivity index (χ4v) is 2.50. The summed E-state index contributed by atoms with van der Waals surface area (Å²) >= 11 is 0. The summed E-state index contributed by atoms with van der Waals surface area (Å²) in [6.07, 6.45) is 2.18. The third-order valence-electron chi connectivity index (χ3n) is 3.36. The number of hydrogen-bond acceptors (Lipinski definition) is 3. The average Bonchev–Trinajstić information content (AvgIpc) is 2.38. The first-order valence-electron chi connectivity index (χ1n) is 6.51. The zero-order valence-corrected chi connectivity index (χ0v) is 10.7. The van der Waals surface area contributed by atoms with Crippen molar-refractivity contribution in [1.29, 1.82) is 0 Å². The van der Waals surface area contributed by atoms with Gasteiger partial charge in [0, 0.05) is 18.8 Å². The van der Waals surface area contributed by atoms with Gasteiger partial charge in [0.1, 0.15) is 6.04 Å². The number of carboxylic acid groups (broad SMARTS) is 1. The van der Waals surface area contributed by atoms with Gasteiger partial charge in [-0.15, -0.1) is 0 Å². The van der Waals surface area contributed by atoms with Gasteiger partial charge >= 0.3 is 5.97 Å². The van der Waals surface area contributed by atoms with E-state index < -0.39 is 12.0 Å². The number of likely N-dealkylation sites (N-methyl/N-ethyl adjacent to an activating group) is 1. The molecule has 0 radical (unpaired) electrons. The van der Waals surface area contributed by atoms with Gasteiger partial charge in [-0.25, -0.2) is 0 Å². The molecule has 0 amide bonds. The van der Waals surface area contributed by atoms with Crippen molar-refractivity contribution in [2.75, 3.05) is 24.5 Å². The molecule has 1 atom stereocenters. The van der Waals surface area contributed by atoms with E-state index in [1.54, 1.807) is 0 Å². The van der Waals surface area contributed by atoms with E-state index in [1.165, 1.54) is 11.3 Å². The van der Waals surface area contributed by atoms with Gasteiger partial charge in [-0.05, 0) is 31.0 Å². The van der Waals surface area contributed by atoms with Gasteiger partial charge in [-0.2, -0.15) is 0 Å². The number of benzene rings is 1. The third-order valence-corrected chi connectivity index (χ3v) is 3.36. The van der Waals surface area contributed by atoms with Crippen LogP contribution < -0.4 is 10.2 Å². The molecule has 0 spiro atoms. The van der Waals surface area contributed by atoms with Crippen LogP contribution >= 0.6 is 0 Å². The monoisotopic (exact) mass is 248 g/mol. The molecule has 4 nitrogen and oxygen atoms in total. The van der Waals surface area contributed by atoms with Gasteiger partial charge in [0.2, 0.25) is 0 Å². The van der Waals surface area contributed by atoms with E-state index in [9.17, 15) is 9.90 Å². The first kappa shape index (κ1) is 12.9. The number of carbonyl (C=O) groups is 1. The van der Waals surface area contributed by atoms with Crippen molar-refractivity contribution in [3.63, 3.8) is 0 Å².